The van der Waals surface area contributed by atoms with Gasteiger partial charge in [-0.3, -0.25) is 18.6 Å². The van der Waals surface area contributed by atoms with Crippen LogP contribution in [0.15, 0.2) is 44.7 Å². The zero-order chi connectivity index (χ0) is 21.6. The number of nitrogens with zero attached hydrogens (tertiary/aromatic N) is 3. The summed E-state index contributed by atoms with van der Waals surface area (Å²) in [7, 11) is 3.90. The van der Waals surface area contributed by atoms with E-state index in [-0.39, 0.29) is 28.5 Å². The van der Waals surface area contributed by atoms with Gasteiger partial charge in [0, 0.05) is 25.3 Å². The van der Waals surface area contributed by atoms with Crippen molar-refractivity contribution in [3.63, 3.8) is 0 Å². The van der Waals surface area contributed by atoms with Crippen LogP contribution in [-0.4, -0.2) is 46.2 Å². The summed E-state index contributed by atoms with van der Waals surface area (Å²) in [6.07, 6.45) is 0.624. The van der Waals surface area contributed by atoms with Crippen molar-refractivity contribution >= 4 is 32.9 Å². The van der Waals surface area contributed by atoms with Gasteiger partial charge in [0.2, 0.25) is 0 Å². The number of hydrogen-bond donors (Lipinski definition) is 2. The van der Waals surface area contributed by atoms with Crippen molar-refractivity contribution < 1.29 is 5.11 Å². The second kappa shape index (κ2) is 7.46. The molecule has 2 heterocycles. The highest BCUT2D eigenvalue weighted by atomic mass is 16.3. The van der Waals surface area contributed by atoms with Crippen LogP contribution in [0.3, 0.4) is 0 Å². The van der Waals surface area contributed by atoms with E-state index in [9.17, 15) is 19.5 Å². The smallest absolute Gasteiger partial charge is 0.336 e. The Morgan fingerprint density at radius 2 is 1.83 bits per heavy atom. The molecular formula is C22H24N4O4. The molecular weight excluding hydrogens is 384 g/mol. The second-order valence-corrected chi connectivity index (χ2v) is 7.72. The summed E-state index contributed by atoms with van der Waals surface area (Å²) < 4.78 is 2.63. The maximum absolute atomic E-state index is 13.4. The molecule has 8 heteroatoms. The van der Waals surface area contributed by atoms with E-state index >= 15 is 0 Å². The fraction of sp³-hybridized carbons (Fsp3) is 0.318. The highest BCUT2D eigenvalue weighted by Gasteiger charge is 2.20. The first-order valence-electron chi connectivity index (χ1n) is 9.94. The SMILES string of the molecule is CCCn1c(=O)c2ccc(NCCN(C)C)c3c(=O)c4cc(O)ccc4n(c1=O)c23. The normalized spacial score (nSPS) is 11.9. The van der Waals surface area contributed by atoms with E-state index in [2.05, 4.69) is 5.32 Å². The third-order valence-corrected chi connectivity index (χ3v) is 5.31. The monoisotopic (exact) mass is 408 g/mol. The number of anilines is 1. The van der Waals surface area contributed by atoms with Crippen LogP contribution < -0.4 is 22.0 Å². The number of phenols is 1. The highest BCUT2D eigenvalue weighted by Crippen LogP contribution is 2.27. The molecule has 0 aliphatic heterocycles. The third-order valence-electron chi connectivity index (χ3n) is 5.31. The predicted octanol–water partition coefficient (Wildman–Crippen LogP) is 1.65. The van der Waals surface area contributed by atoms with Crippen LogP contribution in [-0.2, 0) is 6.54 Å². The molecule has 2 aromatic heterocycles. The van der Waals surface area contributed by atoms with Gasteiger partial charge in [-0.25, -0.2) is 4.79 Å². The summed E-state index contributed by atoms with van der Waals surface area (Å²) in [5, 5.41) is 14.0. The molecule has 0 atom stereocenters. The Hall–Kier alpha value is -3.39. The van der Waals surface area contributed by atoms with Gasteiger partial charge < -0.3 is 15.3 Å². The van der Waals surface area contributed by atoms with Crippen LogP contribution in [0.4, 0.5) is 5.69 Å². The molecule has 0 spiro atoms. The molecule has 0 amide bonds. The van der Waals surface area contributed by atoms with E-state index in [0.717, 1.165) is 6.54 Å². The van der Waals surface area contributed by atoms with E-state index in [1.165, 1.54) is 21.1 Å². The summed E-state index contributed by atoms with van der Waals surface area (Å²) >= 11 is 0. The van der Waals surface area contributed by atoms with Crippen molar-refractivity contribution in [3.05, 3.63) is 61.4 Å². The predicted molar refractivity (Wildman–Crippen MR) is 119 cm³/mol. The molecule has 0 bridgehead atoms. The second-order valence-electron chi connectivity index (χ2n) is 7.72. The maximum atomic E-state index is 13.4. The number of rotatable bonds is 6. The molecule has 0 saturated heterocycles. The molecule has 4 aromatic rings. The molecule has 0 saturated carbocycles. The minimum atomic E-state index is -0.486. The summed E-state index contributed by atoms with van der Waals surface area (Å²) in [5.41, 5.74) is 0.0331. The summed E-state index contributed by atoms with van der Waals surface area (Å²) in [6, 6.07) is 7.72. The van der Waals surface area contributed by atoms with Crippen LogP contribution in [0.2, 0.25) is 0 Å². The average molecular weight is 408 g/mol. The Kier molecular flexibility index (Phi) is 4.95. The highest BCUT2D eigenvalue weighted by molar-refractivity contribution is 6.07. The van der Waals surface area contributed by atoms with Gasteiger partial charge in [-0.15, -0.1) is 0 Å². The Balaban J connectivity index is 2.20. The Bertz CT molecular complexity index is 1440. The molecule has 2 N–H and O–H groups in total. The zero-order valence-corrected chi connectivity index (χ0v) is 17.2. The summed E-state index contributed by atoms with van der Waals surface area (Å²) in [5.74, 6) is -0.0604. The maximum Gasteiger partial charge on any atom is 0.336 e. The standard InChI is InChI=1S/C22H24N4O4/c1-4-10-25-21(29)14-6-7-16(23-9-11-24(2)3)18-19(14)26(22(25)30)17-8-5-13(27)12-15(17)20(18)28/h5-8,12,23,27H,4,9-11H2,1-3H3. The van der Waals surface area contributed by atoms with Gasteiger partial charge in [-0.2, -0.15) is 0 Å². The summed E-state index contributed by atoms with van der Waals surface area (Å²) in [4.78, 5) is 41.8. The van der Waals surface area contributed by atoms with E-state index in [4.69, 9.17) is 0 Å². The van der Waals surface area contributed by atoms with Gasteiger partial charge in [0.05, 0.1) is 27.2 Å². The molecule has 0 unspecified atom stereocenters. The molecule has 4 rings (SSSR count). The van der Waals surface area contributed by atoms with Crippen LogP contribution in [0, 0.1) is 0 Å². The third kappa shape index (κ3) is 3.00. The topological polar surface area (TPSA) is 96.1 Å². The molecule has 8 nitrogen and oxygen atoms in total. The minimum absolute atomic E-state index is 0.0604. The number of hydrogen-bond acceptors (Lipinski definition) is 6. The van der Waals surface area contributed by atoms with Gasteiger partial charge in [-0.1, -0.05) is 6.92 Å². The van der Waals surface area contributed by atoms with Gasteiger partial charge >= 0.3 is 5.69 Å². The van der Waals surface area contributed by atoms with E-state index < -0.39 is 11.2 Å². The van der Waals surface area contributed by atoms with Crippen molar-refractivity contribution in [2.45, 2.75) is 19.9 Å². The number of aromatic nitrogens is 2. The van der Waals surface area contributed by atoms with Crippen LogP contribution >= 0.6 is 0 Å². The van der Waals surface area contributed by atoms with Crippen LogP contribution in [0.25, 0.3) is 27.2 Å². The molecule has 156 valence electrons. The Labute approximate surface area is 171 Å². The van der Waals surface area contributed by atoms with Gasteiger partial charge in [0.25, 0.3) is 5.56 Å². The lowest BCUT2D eigenvalue weighted by Crippen LogP contribution is -2.38. The van der Waals surface area contributed by atoms with Gasteiger partial charge in [0.15, 0.2) is 5.43 Å². The summed E-state index contributed by atoms with van der Waals surface area (Å²) in [6.45, 7) is 3.51. The lowest BCUT2D eigenvalue weighted by atomic mass is 10.0. The molecule has 2 aromatic carbocycles. The number of phenolic OH excluding ortho intramolecular Hbond substituents is 1. The zero-order valence-electron chi connectivity index (χ0n) is 17.2. The Morgan fingerprint density at radius 3 is 2.53 bits per heavy atom. The number of nitrogens with one attached hydrogen (secondary N) is 1. The molecule has 0 radical (unpaired) electrons. The minimum Gasteiger partial charge on any atom is -0.508 e. The number of benzene rings is 2. The van der Waals surface area contributed by atoms with Gasteiger partial charge in [-0.05, 0) is 50.8 Å². The largest absolute Gasteiger partial charge is 0.508 e. The van der Waals surface area contributed by atoms with E-state index in [0.29, 0.717) is 35.1 Å². The molecule has 30 heavy (non-hydrogen) atoms. The van der Waals surface area contributed by atoms with Crippen molar-refractivity contribution in [1.29, 1.82) is 0 Å². The van der Waals surface area contributed by atoms with E-state index in [1.807, 2.05) is 25.9 Å². The van der Waals surface area contributed by atoms with Crippen molar-refractivity contribution in [2.24, 2.45) is 0 Å². The van der Waals surface area contributed by atoms with Crippen molar-refractivity contribution in [2.75, 3.05) is 32.5 Å². The average Bonchev–Trinajstić information content (AvgIpc) is 2.70. The fourth-order valence-electron chi connectivity index (χ4n) is 3.92. The first-order valence-corrected chi connectivity index (χ1v) is 9.94. The van der Waals surface area contributed by atoms with Crippen LogP contribution in [0.5, 0.6) is 5.75 Å². The lowest BCUT2D eigenvalue weighted by Gasteiger charge is -2.17. The number of aromatic hydroxyl groups is 1. The molecule has 0 aliphatic carbocycles. The molecule has 0 aliphatic rings. The van der Waals surface area contributed by atoms with Crippen molar-refractivity contribution in [1.82, 2.24) is 13.9 Å². The van der Waals surface area contributed by atoms with Crippen LogP contribution in [0.1, 0.15) is 13.3 Å². The van der Waals surface area contributed by atoms with E-state index in [1.54, 1.807) is 18.2 Å². The number of pyridine rings is 1. The number of fused-ring (bicyclic) bond motifs is 2. The number of likely N-dealkylation sites (N-methyl/N-ethyl adjacent to an activating group) is 1. The quantitative estimate of drug-likeness (QED) is 0.372. The molecule has 0 fully saturated rings. The Morgan fingerprint density at radius 1 is 1.07 bits per heavy atom. The fourth-order valence-corrected chi connectivity index (χ4v) is 3.92. The van der Waals surface area contributed by atoms with Crippen molar-refractivity contribution in [3.8, 4) is 5.75 Å². The lowest BCUT2D eigenvalue weighted by molar-refractivity contribution is 0.425. The first kappa shape index (κ1) is 19.9. The van der Waals surface area contributed by atoms with Gasteiger partial charge in [0.1, 0.15) is 5.75 Å². The first-order chi connectivity index (χ1) is 14.3.